The number of carboxylic acid groups (broad SMARTS) is 1. The molecule has 0 saturated carbocycles. The summed E-state index contributed by atoms with van der Waals surface area (Å²) in [4.78, 5) is 9.97. The Hall–Kier alpha value is -3.77. The van der Waals surface area contributed by atoms with Gasteiger partial charge in [-0.3, -0.25) is 0 Å². The Kier molecular flexibility index (Phi) is 8.04. The molecule has 1 heterocycles. The number of alkyl halides is 3. The standard InChI is InChI=1S/C26H22F3N3O6S2/c27-26(28,29)23-15-17(22-7-2-1-4-19(22)16-30)8-9-24(23)39(35,36)31-20-10-12-32(13-11-20)40(37,38)21-6-3-5-18(14-21)25(33)34/h1-9,14-15,20,31H,10-13H2,(H,33,34). The number of carboxylic acids is 1. The first kappa shape index (κ1) is 29.2. The van der Waals surface area contributed by atoms with E-state index in [0.29, 0.717) is 6.07 Å². The topological polar surface area (TPSA) is 145 Å². The Labute approximate surface area is 228 Å². The quantitative estimate of drug-likeness (QED) is 0.420. The highest BCUT2D eigenvalue weighted by Crippen LogP contribution is 2.38. The highest BCUT2D eigenvalue weighted by Gasteiger charge is 2.39. The van der Waals surface area contributed by atoms with Gasteiger partial charge in [-0.25, -0.2) is 26.4 Å². The molecule has 3 aromatic carbocycles. The number of sulfonamides is 2. The second-order valence-electron chi connectivity index (χ2n) is 9.00. The van der Waals surface area contributed by atoms with Crippen LogP contribution in [0.5, 0.6) is 0 Å². The van der Waals surface area contributed by atoms with Gasteiger partial charge in [-0.1, -0.05) is 30.3 Å². The zero-order chi connectivity index (χ0) is 29.3. The molecule has 1 fully saturated rings. The monoisotopic (exact) mass is 593 g/mol. The maximum Gasteiger partial charge on any atom is 0.417 e. The molecule has 0 radical (unpaired) electrons. The largest absolute Gasteiger partial charge is 0.478 e. The van der Waals surface area contributed by atoms with Gasteiger partial charge in [-0.2, -0.15) is 22.7 Å². The van der Waals surface area contributed by atoms with E-state index >= 15 is 0 Å². The molecule has 0 aromatic heterocycles. The van der Waals surface area contributed by atoms with Crippen molar-refractivity contribution >= 4 is 26.0 Å². The molecular weight excluding hydrogens is 571 g/mol. The molecule has 3 aromatic rings. The predicted octanol–water partition coefficient (Wildman–Crippen LogP) is 4.07. The van der Waals surface area contributed by atoms with Crippen LogP contribution in [0.15, 0.2) is 76.5 Å². The lowest BCUT2D eigenvalue weighted by atomic mass is 9.98. The maximum absolute atomic E-state index is 14.0. The summed E-state index contributed by atoms with van der Waals surface area (Å²) in [5.74, 6) is -1.30. The zero-order valence-electron chi connectivity index (χ0n) is 20.6. The minimum absolute atomic E-state index is 0.0218. The minimum Gasteiger partial charge on any atom is -0.478 e. The second kappa shape index (κ2) is 11.0. The van der Waals surface area contributed by atoms with Crippen LogP contribution >= 0.6 is 0 Å². The van der Waals surface area contributed by atoms with Crippen molar-refractivity contribution in [1.29, 1.82) is 5.26 Å². The van der Waals surface area contributed by atoms with E-state index in [0.717, 1.165) is 16.4 Å². The van der Waals surface area contributed by atoms with Gasteiger partial charge in [-0.05, 0) is 60.4 Å². The fraction of sp³-hybridized carbons (Fsp3) is 0.231. The summed E-state index contributed by atoms with van der Waals surface area (Å²) >= 11 is 0. The molecule has 40 heavy (non-hydrogen) atoms. The van der Waals surface area contributed by atoms with E-state index in [1.807, 2.05) is 6.07 Å². The summed E-state index contributed by atoms with van der Waals surface area (Å²) in [5.41, 5.74) is -1.25. The van der Waals surface area contributed by atoms with E-state index in [1.54, 1.807) is 12.1 Å². The molecule has 0 amide bonds. The molecule has 14 heteroatoms. The molecule has 1 saturated heterocycles. The first-order valence-corrected chi connectivity index (χ1v) is 14.7. The van der Waals surface area contributed by atoms with Crippen LogP contribution in [-0.2, 0) is 26.2 Å². The van der Waals surface area contributed by atoms with Crippen LogP contribution < -0.4 is 4.72 Å². The molecule has 9 nitrogen and oxygen atoms in total. The number of benzene rings is 3. The van der Waals surface area contributed by atoms with Crippen LogP contribution in [0, 0.1) is 11.3 Å². The Balaban J connectivity index is 1.55. The number of piperidine rings is 1. The van der Waals surface area contributed by atoms with Gasteiger partial charge in [0.15, 0.2) is 0 Å². The predicted molar refractivity (Wildman–Crippen MR) is 137 cm³/mol. The first-order chi connectivity index (χ1) is 18.7. The van der Waals surface area contributed by atoms with Crippen LogP contribution in [0.3, 0.4) is 0 Å². The SMILES string of the molecule is N#Cc1ccccc1-c1ccc(S(=O)(=O)NC2CCN(S(=O)(=O)c3cccc(C(=O)O)c3)CC2)c(C(F)(F)F)c1. The fourth-order valence-corrected chi connectivity index (χ4v) is 7.45. The van der Waals surface area contributed by atoms with E-state index in [-0.39, 0.29) is 53.1 Å². The van der Waals surface area contributed by atoms with Crippen molar-refractivity contribution in [1.82, 2.24) is 9.03 Å². The highest BCUT2D eigenvalue weighted by molar-refractivity contribution is 7.89. The Morgan fingerprint density at radius 1 is 0.975 bits per heavy atom. The third kappa shape index (κ3) is 6.02. The van der Waals surface area contributed by atoms with Crippen molar-refractivity contribution in [3.05, 3.63) is 83.4 Å². The van der Waals surface area contributed by atoms with Crippen molar-refractivity contribution in [2.24, 2.45) is 0 Å². The van der Waals surface area contributed by atoms with Crippen molar-refractivity contribution in [3.8, 4) is 17.2 Å². The van der Waals surface area contributed by atoms with Crippen molar-refractivity contribution in [2.75, 3.05) is 13.1 Å². The van der Waals surface area contributed by atoms with Gasteiger partial charge < -0.3 is 5.11 Å². The lowest BCUT2D eigenvalue weighted by Crippen LogP contribution is -2.46. The summed E-state index contributed by atoms with van der Waals surface area (Å²) in [6.45, 7) is -0.272. The lowest BCUT2D eigenvalue weighted by molar-refractivity contribution is -0.139. The van der Waals surface area contributed by atoms with Crippen molar-refractivity contribution in [2.45, 2.75) is 34.9 Å². The average molecular weight is 594 g/mol. The molecule has 2 N–H and O–H groups in total. The maximum atomic E-state index is 14.0. The Morgan fingerprint density at radius 3 is 2.27 bits per heavy atom. The van der Waals surface area contributed by atoms with Crippen molar-refractivity contribution < 1.29 is 39.9 Å². The average Bonchev–Trinajstić information content (AvgIpc) is 2.92. The molecule has 0 aliphatic carbocycles. The van der Waals surface area contributed by atoms with Crippen LogP contribution in [0.1, 0.15) is 34.3 Å². The number of halogens is 3. The lowest BCUT2D eigenvalue weighted by Gasteiger charge is -2.31. The number of hydrogen-bond donors (Lipinski definition) is 2. The van der Waals surface area contributed by atoms with Crippen molar-refractivity contribution in [3.63, 3.8) is 0 Å². The van der Waals surface area contributed by atoms with Crippen LogP contribution in [0.25, 0.3) is 11.1 Å². The number of nitrogens with zero attached hydrogens (tertiary/aromatic N) is 2. The zero-order valence-corrected chi connectivity index (χ0v) is 22.2. The summed E-state index contributed by atoms with van der Waals surface area (Å²) in [6.07, 6.45) is -5.07. The van der Waals surface area contributed by atoms with Crippen LogP contribution in [0.4, 0.5) is 13.2 Å². The van der Waals surface area contributed by atoms with E-state index in [2.05, 4.69) is 4.72 Å². The summed E-state index contributed by atoms with van der Waals surface area (Å²) in [6, 6.07) is 14.6. The molecule has 0 atom stereocenters. The molecule has 0 spiro atoms. The molecule has 210 valence electrons. The third-order valence-electron chi connectivity index (χ3n) is 6.43. The van der Waals surface area contributed by atoms with Gasteiger partial charge in [0.25, 0.3) is 0 Å². The fourth-order valence-electron chi connectivity index (χ4n) is 4.42. The van der Waals surface area contributed by atoms with Gasteiger partial charge in [0.2, 0.25) is 20.0 Å². The number of hydrogen-bond acceptors (Lipinski definition) is 6. The van der Waals surface area contributed by atoms with E-state index in [9.17, 15) is 40.1 Å². The van der Waals surface area contributed by atoms with E-state index in [1.165, 1.54) is 36.4 Å². The number of carbonyl (C=O) groups is 1. The van der Waals surface area contributed by atoms with Gasteiger partial charge >= 0.3 is 12.1 Å². The molecule has 0 unspecified atom stereocenters. The third-order valence-corrected chi connectivity index (χ3v) is 9.90. The minimum atomic E-state index is -5.02. The smallest absolute Gasteiger partial charge is 0.417 e. The number of nitrogens with one attached hydrogen (secondary N) is 1. The second-order valence-corrected chi connectivity index (χ2v) is 12.6. The molecular formula is C26H22F3N3O6S2. The van der Waals surface area contributed by atoms with Gasteiger partial charge in [0.1, 0.15) is 0 Å². The molecule has 1 aliphatic heterocycles. The summed E-state index contributed by atoms with van der Waals surface area (Å²) in [5, 5.41) is 18.4. The number of aromatic carboxylic acids is 1. The number of nitriles is 1. The summed E-state index contributed by atoms with van der Waals surface area (Å²) in [7, 11) is -8.76. The van der Waals surface area contributed by atoms with Gasteiger partial charge in [-0.15, -0.1) is 0 Å². The van der Waals surface area contributed by atoms with Crippen LogP contribution in [0.2, 0.25) is 0 Å². The van der Waals surface area contributed by atoms with E-state index < -0.39 is 48.7 Å². The van der Waals surface area contributed by atoms with Gasteiger partial charge in [0.05, 0.1) is 32.6 Å². The van der Waals surface area contributed by atoms with E-state index in [4.69, 9.17) is 5.11 Å². The van der Waals surface area contributed by atoms with Gasteiger partial charge in [0, 0.05) is 19.1 Å². The normalized spacial score (nSPS) is 15.4. The summed E-state index contributed by atoms with van der Waals surface area (Å²) < 4.78 is 97.4. The Morgan fingerprint density at radius 2 is 1.65 bits per heavy atom. The molecule has 4 rings (SSSR count). The molecule has 0 bridgehead atoms. The highest BCUT2D eigenvalue weighted by atomic mass is 32.2. The van der Waals surface area contributed by atoms with Crippen LogP contribution in [-0.4, -0.2) is 51.3 Å². The Bertz CT molecular complexity index is 1710. The first-order valence-electron chi connectivity index (χ1n) is 11.8. The molecule has 1 aliphatic rings. The number of rotatable bonds is 7.